The first-order valence-corrected chi connectivity index (χ1v) is 10.8. The molecule has 4 rings (SSSR count). The van der Waals surface area contributed by atoms with Crippen LogP contribution in [0.15, 0.2) is 48.5 Å². The highest BCUT2D eigenvalue weighted by atomic mass is 16.7. The fraction of sp³-hybridized carbons (Fsp3) is 0.375. The van der Waals surface area contributed by atoms with Gasteiger partial charge in [-0.15, -0.1) is 0 Å². The lowest BCUT2D eigenvalue weighted by Gasteiger charge is -2.20. The predicted octanol–water partition coefficient (Wildman–Crippen LogP) is 2.55. The largest absolute Gasteiger partial charge is 0.479 e. The van der Waals surface area contributed by atoms with Crippen LogP contribution >= 0.6 is 0 Å². The minimum absolute atomic E-state index is 0.0192. The van der Waals surface area contributed by atoms with E-state index in [0.717, 1.165) is 27.3 Å². The molecule has 33 heavy (non-hydrogen) atoms. The Morgan fingerprint density at radius 2 is 1.70 bits per heavy atom. The molecule has 9 heteroatoms. The number of likely N-dealkylation sites (N-methyl/N-ethyl adjacent to an activating group) is 1. The molecular weight excluding hydrogens is 428 g/mol. The third-order valence-corrected chi connectivity index (χ3v) is 5.89. The third-order valence-electron chi connectivity index (χ3n) is 5.89. The van der Waals surface area contributed by atoms with Crippen LogP contribution in [0.1, 0.15) is 29.9 Å². The first-order valence-electron chi connectivity index (χ1n) is 10.8. The number of ether oxygens (including phenoxy) is 2. The van der Waals surface area contributed by atoms with Crippen LogP contribution in [0.5, 0.6) is 0 Å². The molecular formula is C24H26N2O7. The van der Waals surface area contributed by atoms with Crippen LogP contribution in [-0.4, -0.2) is 67.2 Å². The Morgan fingerprint density at radius 1 is 1.06 bits per heavy atom. The van der Waals surface area contributed by atoms with Gasteiger partial charge in [0.25, 0.3) is 5.91 Å². The number of carbonyl (C=O) groups excluding carboxylic acids is 2. The zero-order valence-corrected chi connectivity index (χ0v) is 18.2. The van der Waals surface area contributed by atoms with Crippen molar-refractivity contribution in [3.63, 3.8) is 0 Å². The van der Waals surface area contributed by atoms with E-state index < -0.39 is 30.7 Å². The maximum Gasteiger partial charge on any atom is 0.407 e. The van der Waals surface area contributed by atoms with Gasteiger partial charge >= 0.3 is 12.1 Å². The quantitative estimate of drug-likeness (QED) is 0.589. The van der Waals surface area contributed by atoms with E-state index >= 15 is 0 Å². The number of fused-ring (bicyclic) bond motifs is 3. The molecule has 0 spiro atoms. The van der Waals surface area contributed by atoms with E-state index in [0.29, 0.717) is 12.8 Å². The van der Waals surface area contributed by atoms with Crippen LogP contribution < -0.4 is 5.32 Å². The number of aliphatic carboxylic acids is 1. The lowest BCUT2D eigenvalue weighted by molar-refractivity contribution is -0.193. The van der Waals surface area contributed by atoms with Gasteiger partial charge in [-0.1, -0.05) is 48.5 Å². The van der Waals surface area contributed by atoms with Gasteiger partial charge in [0.2, 0.25) is 0 Å². The molecule has 2 aromatic rings. The van der Waals surface area contributed by atoms with Gasteiger partial charge in [-0.3, -0.25) is 9.63 Å². The summed E-state index contributed by atoms with van der Waals surface area (Å²) in [4.78, 5) is 40.0. The molecule has 2 unspecified atom stereocenters. The first-order chi connectivity index (χ1) is 15.9. The summed E-state index contributed by atoms with van der Waals surface area (Å²) in [7, 11) is 1.34. The van der Waals surface area contributed by atoms with Crippen molar-refractivity contribution in [2.45, 2.75) is 31.0 Å². The topological polar surface area (TPSA) is 114 Å². The summed E-state index contributed by atoms with van der Waals surface area (Å²) >= 11 is 0. The van der Waals surface area contributed by atoms with Crippen LogP contribution in [0.2, 0.25) is 0 Å². The fourth-order valence-corrected chi connectivity index (χ4v) is 4.30. The molecule has 0 saturated carbocycles. The van der Waals surface area contributed by atoms with Gasteiger partial charge < -0.3 is 19.9 Å². The van der Waals surface area contributed by atoms with Gasteiger partial charge in [-0.25, -0.2) is 14.7 Å². The second-order valence-corrected chi connectivity index (χ2v) is 8.03. The second kappa shape index (κ2) is 10.0. The molecule has 1 heterocycles. The molecule has 2 aromatic carbocycles. The van der Waals surface area contributed by atoms with Crippen LogP contribution in [0.3, 0.4) is 0 Å². The highest BCUT2D eigenvalue weighted by molar-refractivity contribution is 5.80. The number of carboxylic acids is 1. The number of alkyl carbamates (subject to hydrolysis) is 1. The highest BCUT2D eigenvalue weighted by Gasteiger charge is 2.34. The van der Waals surface area contributed by atoms with E-state index in [1.54, 1.807) is 0 Å². The third kappa shape index (κ3) is 5.15. The van der Waals surface area contributed by atoms with Crippen LogP contribution in [0, 0.1) is 0 Å². The summed E-state index contributed by atoms with van der Waals surface area (Å²) in [5, 5.41) is 12.2. The Labute approximate surface area is 191 Å². The molecule has 1 fully saturated rings. The van der Waals surface area contributed by atoms with Crippen LogP contribution in [0.4, 0.5) is 4.79 Å². The summed E-state index contributed by atoms with van der Waals surface area (Å²) in [6, 6.07) is 16.2. The normalized spacial score (nSPS) is 18.9. The lowest BCUT2D eigenvalue weighted by atomic mass is 9.98. The van der Waals surface area contributed by atoms with Crippen molar-refractivity contribution in [1.82, 2.24) is 10.4 Å². The van der Waals surface area contributed by atoms with Gasteiger partial charge in [0.1, 0.15) is 12.7 Å². The van der Waals surface area contributed by atoms with E-state index in [4.69, 9.17) is 19.4 Å². The number of benzene rings is 2. The number of hydrogen-bond acceptors (Lipinski definition) is 6. The minimum Gasteiger partial charge on any atom is -0.479 e. The zero-order valence-electron chi connectivity index (χ0n) is 18.2. The first kappa shape index (κ1) is 22.8. The van der Waals surface area contributed by atoms with Crippen molar-refractivity contribution in [1.29, 1.82) is 0 Å². The SMILES string of the molecule is CN(OCC(=O)O)C(=O)C1CCC(CNC(=O)OCC2c3ccccc3-c3ccccc32)O1. The van der Waals surface area contributed by atoms with Gasteiger partial charge in [0, 0.05) is 19.5 Å². The van der Waals surface area contributed by atoms with E-state index in [-0.39, 0.29) is 25.2 Å². The molecule has 0 bridgehead atoms. The molecule has 1 saturated heterocycles. The molecule has 2 aliphatic rings. The van der Waals surface area contributed by atoms with Crippen molar-refractivity contribution in [3.05, 3.63) is 59.7 Å². The number of carbonyl (C=O) groups is 3. The minimum atomic E-state index is -1.17. The molecule has 1 aliphatic carbocycles. The second-order valence-electron chi connectivity index (χ2n) is 8.03. The van der Waals surface area contributed by atoms with Crippen molar-refractivity contribution >= 4 is 18.0 Å². The highest BCUT2D eigenvalue weighted by Crippen LogP contribution is 2.44. The number of hydrogen-bond donors (Lipinski definition) is 2. The summed E-state index contributed by atoms with van der Waals surface area (Å²) in [6.45, 7) is -0.180. The fourth-order valence-electron chi connectivity index (χ4n) is 4.30. The molecule has 0 aromatic heterocycles. The van der Waals surface area contributed by atoms with Crippen LogP contribution in [-0.2, 0) is 23.9 Å². The maximum absolute atomic E-state index is 12.3. The lowest BCUT2D eigenvalue weighted by Crippen LogP contribution is -2.39. The number of nitrogens with one attached hydrogen (secondary N) is 1. The molecule has 9 nitrogen and oxygen atoms in total. The average molecular weight is 454 g/mol. The molecule has 2 N–H and O–H groups in total. The van der Waals surface area contributed by atoms with Crippen molar-refractivity contribution in [3.8, 4) is 11.1 Å². The Bertz CT molecular complexity index is 995. The van der Waals surface area contributed by atoms with Crippen LogP contribution in [0.25, 0.3) is 11.1 Å². The van der Waals surface area contributed by atoms with Gasteiger partial charge in [0.05, 0.1) is 6.10 Å². The number of rotatable bonds is 8. The smallest absolute Gasteiger partial charge is 0.407 e. The van der Waals surface area contributed by atoms with Gasteiger partial charge in [-0.2, -0.15) is 0 Å². The summed E-state index contributed by atoms with van der Waals surface area (Å²) < 4.78 is 11.2. The molecule has 1 aliphatic heterocycles. The Kier molecular flexibility index (Phi) is 6.90. The Hall–Kier alpha value is -3.43. The van der Waals surface area contributed by atoms with Gasteiger partial charge in [-0.05, 0) is 35.1 Å². The monoisotopic (exact) mass is 454 g/mol. The molecule has 0 radical (unpaired) electrons. The number of nitrogens with zero attached hydrogens (tertiary/aromatic N) is 1. The van der Waals surface area contributed by atoms with E-state index in [1.807, 2.05) is 24.3 Å². The standard InChI is InChI=1S/C24H26N2O7/c1-26(32-14-22(27)28)23(29)21-11-10-15(33-21)12-25-24(30)31-13-20-18-8-4-2-6-16(18)17-7-3-5-9-19(17)20/h2-9,15,20-21H,10-14H2,1H3,(H,25,30)(H,27,28). The zero-order chi connectivity index (χ0) is 23.4. The predicted molar refractivity (Wildman–Crippen MR) is 117 cm³/mol. The summed E-state index contributed by atoms with van der Waals surface area (Å²) in [5.74, 6) is -1.65. The van der Waals surface area contributed by atoms with E-state index in [9.17, 15) is 14.4 Å². The Morgan fingerprint density at radius 3 is 2.33 bits per heavy atom. The summed E-state index contributed by atoms with van der Waals surface area (Å²) in [5.41, 5.74) is 4.60. The van der Waals surface area contributed by atoms with Gasteiger partial charge in [0.15, 0.2) is 6.61 Å². The van der Waals surface area contributed by atoms with E-state index in [2.05, 4.69) is 29.6 Å². The number of carboxylic acid groups (broad SMARTS) is 1. The van der Waals surface area contributed by atoms with E-state index in [1.165, 1.54) is 7.05 Å². The molecule has 2 amide bonds. The Balaban J connectivity index is 1.24. The molecule has 2 atom stereocenters. The maximum atomic E-state index is 12.3. The van der Waals surface area contributed by atoms with Crippen molar-refractivity contribution in [2.75, 3.05) is 26.8 Å². The number of hydroxylamine groups is 2. The number of amides is 2. The summed E-state index contributed by atoms with van der Waals surface area (Å²) in [6.07, 6.45) is -0.591. The van der Waals surface area contributed by atoms with Crippen molar-refractivity contribution in [2.24, 2.45) is 0 Å². The van der Waals surface area contributed by atoms with Crippen molar-refractivity contribution < 1.29 is 33.8 Å². The molecule has 174 valence electrons. The average Bonchev–Trinajstić information content (AvgIpc) is 3.42.